The molecule has 3 atom stereocenters. The Bertz CT molecular complexity index is 1390. The smallest absolute Gasteiger partial charge is 0.374 e. The summed E-state index contributed by atoms with van der Waals surface area (Å²) in [6.07, 6.45) is 9.66. The van der Waals surface area contributed by atoms with Crippen molar-refractivity contribution >= 4 is 34.4 Å². The second-order valence-electron chi connectivity index (χ2n) is 14.3. The maximum atomic E-state index is 14.1. The lowest BCUT2D eigenvalue weighted by Crippen LogP contribution is -2.50. The van der Waals surface area contributed by atoms with Gasteiger partial charge in [0.25, 0.3) is 0 Å². The zero-order valence-electron chi connectivity index (χ0n) is 27.7. The fraction of sp³-hybridized carbons (Fsp3) is 0.694. The van der Waals surface area contributed by atoms with E-state index in [2.05, 4.69) is 5.32 Å². The second kappa shape index (κ2) is 15.0. The molecule has 2 amide bonds. The molecule has 0 bridgehead atoms. The Hall–Kier alpha value is -3.02. The van der Waals surface area contributed by atoms with Gasteiger partial charge in [-0.05, 0) is 119 Å². The molecule has 10 nitrogen and oxygen atoms in total. The van der Waals surface area contributed by atoms with Crippen molar-refractivity contribution in [3.05, 3.63) is 30.0 Å². The molecule has 1 aromatic carbocycles. The van der Waals surface area contributed by atoms with E-state index in [-0.39, 0.29) is 47.5 Å². The Labute approximate surface area is 276 Å². The normalized spacial score (nSPS) is 31.7. The number of furan rings is 1. The van der Waals surface area contributed by atoms with Crippen molar-refractivity contribution in [3.63, 3.8) is 0 Å². The average Bonchev–Trinajstić information content (AvgIpc) is 3.72. The molecular weight excluding hydrogens is 605 g/mol. The Kier molecular flexibility index (Phi) is 10.8. The Morgan fingerprint density at radius 2 is 1.70 bits per heavy atom. The molecule has 0 unspecified atom stereocenters. The molecule has 1 aliphatic heterocycles. The Morgan fingerprint density at radius 1 is 0.979 bits per heavy atom. The van der Waals surface area contributed by atoms with Crippen LogP contribution in [-0.4, -0.2) is 81.0 Å². The molecule has 1 aromatic heterocycles. The fourth-order valence-corrected chi connectivity index (χ4v) is 8.51. The predicted molar refractivity (Wildman–Crippen MR) is 174 cm³/mol. The summed E-state index contributed by atoms with van der Waals surface area (Å²) in [5, 5.41) is 3.78. The summed E-state index contributed by atoms with van der Waals surface area (Å²) in [6.45, 7) is 0.334. The predicted octanol–water partition coefficient (Wildman–Crippen LogP) is 5.48. The van der Waals surface area contributed by atoms with Gasteiger partial charge in [-0.2, -0.15) is 0 Å². The number of benzene rings is 1. The van der Waals surface area contributed by atoms with Crippen LogP contribution < -0.4 is 11.1 Å². The van der Waals surface area contributed by atoms with Gasteiger partial charge in [0, 0.05) is 43.8 Å². The Balaban J connectivity index is 1.14. The number of carbonyl (C=O) groups excluding carboxylic acids is 3. The van der Waals surface area contributed by atoms with E-state index in [0.717, 1.165) is 57.8 Å². The van der Waals surface area contributed by atoms with Gasteiger partial charge in [0.15, 0.2) is 0 Å². The molecule has 3 aliphatic carbocycles. The number of nitrogens with zero attached hydrogens (tertiary/aromatic N) is 1. The van der Waals surface area contributed by atoms with Gasteiger partial charge in [0.05, 0.1) is 18.8 Å². The maximum absolute atomic E-state index is 14.1. The van der Waals surface area contributed by atoms with E-state index in [1.54, 1.807) is 38.5 Å². The number of hydrogen-bond donors (Lipinski definition) is 2. The summed E-state index contributed by atoms with van der Waals surface area (Å²) in [5.41, 5.74) is 7.07. The number of likely N-dealkylation sites (tertiary alicyclic amines) is 1. The topological polar surface area (TPSA) is 133 Å². The van der Waals surface area contributed by atoms with Crippen LogP contribution in [-0.2, 0) is 23.8 Å². The van der Waals surface area contributed by atoms with E-state index in [9.17, 15) is 18.8 Å². The Morgan fingerprint density at radius 3 is 2.38 bits per heavy atom. The van der Waals surface area contributed by atoms with Crippen LogP contribution in [0.1, 0.15) is 81.2 Å². The second-order valence-corrected chi connectivity index (χ2v) is 14.3. The summed E-state index contributed by atoms with van der Waals surface area (Å²) in [4.78, 5) is 42.6. The number of ether oxygens (including phenoxy) is 3. The number of methoxy groups -OCH3 is 2. The third kappa shape index (κ3) is 7.52. The molecule has 2 aromatic rings. The van der Waals surface area contributed by atoms with Gasteiger partial charge in [-0.1, -0.05) is 0 Å². The number of hydrogen-bond acceptors (Lipinski definition) is 8. The summed E-state index contributed by atoms with van der Waals surface area (Å²) in [6, 6.07) is 5.87. The molecule has 6 rings (SSSR count). The number of rotatable bonds is 11. The lowest BCUT2D eigenvalue weighted by atomic mass is 9.75. The number of nitrogens with one attached hydrogen (secondary N) is 1. The van der Waals surface area contributed by atoms with Gasteiger partial charge in [-0.25, -0.2) is 9.18 Å². The number of carbonyl (C=O) groups is 3. The van der Waals surface area contributed by atoms with Crippen LogP contribution in [0.3, 0.4) is 0 Å². The number of alkyl halides is 1. The van der Waals surface area contributed by atoms with Crippen molar-refractivity contribution in [1.29, 1.82) is 0 Å². The van der Waals surface area contributed by atoms with E-state index < -0.39 is 24.7 Å². The van der Waals surface area contributed by atoms with E-state index in [1.165, 1.54) is 0 Å². The highest BCUT2D eigenvalue weighted by molar-refractivity contribution is 6.00. The first-order valence-electron chi connectivity index (χ1n) is 17.5. The van der Waals surface area contributed by atoms with Crippen LogP contribution in [0.15, 0.2) is 28.7 Å². The number of amides is 2. The summed E-state index contributed by atoms with van der Waals surface area (Å²) in [5.74, 6) is 0.0384. The molecule has 4 fully saturated rings. The lowest BCUT2D eigenvalue weighted by molar-refractivity contribution is -0.142. The molecule has 3 N–H and O–H groups in total. The standard InChI is InChI=1S/C36H50FN3O7/c1-44-27-10-7-22(8-11-27)29-13-14-40(35(42)24-5-3-23(4-6-24)30(38)19-37)33(29)34(41)39-26-9-12-31-25(17-26)18-32(47-31)36(43)46-20-21-15-28(16-21)45-2/h9,12,17-18,21-24,27-30,33H,3-8,10-11,13-16,19-20,38H2,1-2H3,(H,39,41)/t21?,22?,23-,24-,27?,28?,29-,30+,33-/m0/s1. The highest BCUT2D eigenvalue weighted by Crippen LogP contribution is 2.42. The highest BCUT2D eigenvalue weighted by atomic mass is 19.1. The molecular formula is C36H50FN3O7. The lowest BCUT2D eigenvalue weighted by Gasteiger charge is -2.37. The van der Waals surface area contributed by atoms with Crippen LogP contribution in [0.4, 0.5) is 10.1 Å². The molecule has 3 saturated carbocycles. The molecule has 4 aliphatic rings. The first-order valence-corrected chi connectivity index (χ1v) is 17.5. The van der Waals surface area contributed by atoms with Crippen molar-refractivity contribution in [3.8, 4) is 0 Å². The number of nitrogens with two attached hydrogens (primary N) is 1. The average molecular weight is 656 g/mol. The minimum absolute atomic E-state index is 0.0265. The van der Waals surface area contributed by atoms with Crippen LogP contribution in [0.2, 0.25) is 0 Å². The number of fused-ring (bicyclic) bond motifs is 1. The van der Waals surface area contributed by atoms with Crippen LogP contribution in [0.5, 0.6) is 0 Å². The molecule has 0 radical (unpaired) electrons. The molecule has 11 heteroatoms. The SMILES string of the molecule is COC1CCC([C@@H]2CCN(C(=O)[C@H]3CC[C@H]([C@H](N)CF)CC3)[C@@H]2C(=O)Nc2ccc3oc(C(=O)OCC4CC(OC)C4)cc3c2)CC1. The van der Waals surface area contributed by atoms with Crippen molar-refractivity contribution in [2.24, 2.45) is 35.3 Å². The number of esters is 1. The van der Waals surface area contributed by atoms with E-state index >= 15 is 0 Å². The van der Waals surface area contributed by atoms with E-state index in [4.69, 9.17) is 24.4 Å². The van der Waals surface area contributed by atoms with Gasteiger partial charge in [0.2, 0.25) is 17.6 Å². The zero-order valence-corrected chi connectivity index (χ0v) is 27.7. The van der Waals surface area contributed by atoms with E-state index in [0.29, 0.717) is 54.5 Å². The molecule has 1 saturated heterocycles. The third-order valence-corrected chi connectivity index (χ3v) is 11.5. The number of halogens is 1. The van der Waals surface area contributed by atoms with E-state index in [1.807, 2.05) is 4.90 Å². The molecule has 47 heavy (non-hydrogen) atoms. The quantitative estimate of drug-likeness (QED) is 0.304. The first-order chi connectivity index (χ1) is 22.8. The van der Waals surface area contributed by atoms with Crippen LogP contribution >= 0.6 is 0 Å². The van der Waals surface area contributed by atoms with Gasteiger partial charge in [-0.3, -0.25) is 9.59 Å². The fourth-order valence-electron chi connectivity index (χ4n) is 8.51. The minimum Gasteiger partial charge on any atom is -0.460 e. The summed E-state index contributed by atoms with van der Waals surface area (Å²) >= 11 is 0. The van der Waals surface area contributed by atoms with Crippen LogP contribution in [0, 0.1) is 29.6 Å². The minimum atomic E-state index is -0.577. The summed E-state index contributed by atoms with van der Waals surface area (Å²) in [7, 11) is 3.44. The van der Waals surface area contributed by atoms with Crippen molar-refractivity contribution in [2.75, 3.05) is 39.4 Å². The molecule has 0 spiro atoms. The van der Waals surface area contributed by atoms with Crippen molar-refractivity contribution in [1.82, 2.24) is 4.90 Å². The zero-order chi connectivity index (χ0) is 33.1. The maximum Gasteiger partial charge on any atom is 0.374 e. The monoisotopic (exact) mass is 655 g/mol. The molecule has 258 valence electrons. The highest BCUT2D eigenvalue weighted by Gasteiger charge is 2.47. The van der Waals surface area contributed by atoms with Gasteiger partial charge < -0.3 is 34.6 Å². The van der Waals surface area contributed by atoms with Gasteiger partial charge >= 0.3 is 5.97 Å². The van der Waals surface area contributed by atoms with Crippen LogP contribution in [0.25, 0.3) is 11.0 Å². The largest absolute Gasteiger partial charge is 0.460 e. The third-order valence-electron chi connectivity index (χ3n) is 11.5. The van der Waals surface area contributed by atoms with Gasteiger partial charge in [-0.15, -0.1) is 0 Å². The summed E-state index contributed by atoms with van der Waals surface area (Å²) < 4.78 is 35.3. The van der Waals surface area contributed by atoms with Crippen molar-refractivity contribution < 1.29 is 37.4 Å². The van der Waals surface area contributed by atoms with Crippen molar-refractivity contribution in [2.45, 2.75) is 94.9 Å². The van der Waals surface area contributed by atoms with Gasteiger partial charge in [0.1, 0.15) is 18.3 Å². The molecule has 2 heterocycles. The first kappa shape index (κ1) is 33.9. The number of anilines is 1.